The number of nitrogens with zero attached hydrogens (tertiary/aromatic N) is 2. The van der Waals surface area contributed by atoms with Crippen LogP contribution in [0.1, 0.15) is 26.3 Å². The maximum Gasteiger partial charge on any atom is 0.144 e. The Hall–Kier alpha value is -1.10. The third kappa shape index (κ3) is 3.47. The van der Waals surface area contributed by atoms with Crippen LogP contribution in [0.15, 0.2) is 34.7 Å². The predicted octanol–water partition coefficient (Wildman–Crippen LogP) is 3.77. The van der Waals surface area contributed by atoms with Crippen LogP contribution in [0, 0.1) is 0 Å². The first-order valence-electron chi connectivity index (χ1n) is 5.89. The van der Waals surface area contributed by atoms with Gasteiger partial charge in [-0.2, -0.15) is 0 Å². The molecule has 1 aromatic heterocycles. The molecule has 0 N–H and O–H groups in total. The number of pyridine rings is 1. The lowest BCUT2D eigenvalue weighted by Gasteiger charge is -2.17. The van der Waals surface area contributed by atoms with E-state index in [4.69, 9.17) is 11.6 Å². The van der Waals surface area contributed by atoms with Gasteiger partial charge in [0.15, 0.2) is 0 Å². The molecule has 0 amide bonds. The molecular formula is C14H15ClN2OS. The number of rotatable bonds is 2. The van der Waals surface area contributed by atoms with Crippen molar-refractivity contribution in [2.45, 2.75) is 25.5 Å². The lowest BCUT2D eigenvalue weighted by Crippen LogP contribution is -2.25. The zero-order valence-electron chi connectivity index (χ0n) is 11.1. The normalized spacial score (nSPS) is 14.2. The van der Waals surface area contributed by atoms with Crippen LogP contribution in [0.4, 0.5) is 0 Å². The van der Waals surface area contributed by atoms with Crippen LogP contribution in [-0.2, 0) is 11.4 Å². The van der Waals surface area contributed by atoms with Gasteiger partial charge < -0.3 is 4.55 Å². The minimum Gasteiger partial charge on any atom is -0.591 e. The number of halogens is 1. The van der Waals surface area contributed by atoms with Crippen molar-refractivity contribution in [1.29, 1.82) is 0 Å². The summed E-state index contributed by atoms with van der Waals surface area (Å²) in [6.07, 6.45) is 1.61. The van der Waals surface area contributed by atoms with E-state index in [1.54, 1.807) is 12.3 Å². The molecule has 1 heterocycles. The van der Waals surface area contributed by atoms with Crippen LogP contribution < -0.4 is 0 Å². The van der Waals surface area contributed by atoms with Crippen molar-refractivity contribution in [1.82, 2.24) is 4.98 Å². The maximum absolute atomic E-state index is 11.9. The lowest BCUT2D eigenvalue weighted by atomic mass is 10.1. The SMILES string of the molecule is CC(C)(C)[S@+]([O-])N=Cc1cc(Cl)nc2ccccc12. The van der Waals surface area contributed by atoms with Crippen LogP contribution in [0.5, 0.6) is 0 Å². The molecule has 0 bridgehead atoms. The Balaban J connectivity index is 2.43. The Labute approximate surface area is 121 Å². The quantitative estimate of drug-likeness (QED) is 0.481. The molecule has 100 valence electrons. The van der Waals surface area contributed by atoms with Gasteiger partial charge in [-0.05, 0) is 32.9 Å². The fourth-order valence-corrected chi connectivity index (χ4v) is 2.27. The van der Waals surface area contributed by atoms with Gasteiger partial charge in [0, 0.05) is 10.9 Å². The second kappa shape index (κ2) is 5.49. The molecule has 0 aliphatic heterocycles. The molecule has 5 heteroatoms. The van der Waals surface area contributed by atoms with E-state index < -0.39 is 11.4 Å². The number of hydrogen-bond donors (Lipinski definition) is 0. The average Bonchev–Trinajstić information content (AvgIpc) is 2.34. The maximum atomic E-state index is 11.9. The zero-order valence-corrected chi connectivity index (χ0v) is 12.6. The first-order valence-corrected chi connectivity index (χ1v) is 7.38. The highest BCUT2D eigenvalue weighted by molar-refractivity contribution is 7.91. The summed E-state index contributed by atoms with van der Waals surface area (Å²) in [7, 11) is 0. The lowest BCUT2D eigenvalue weighted by molar-refractivity contribution is 0.562. The molecule has 1 aromatic carbocycles. The van der Waals surface area contributed by atoms with Crippen molar-refractivity contribution in [3.63, 3.8) is 0 Å². The number of fused-ring (bicyclic) bond motifs is 1. The van der Waals surface area contributed by atoms with E-state index >= 15 is 0 Å². The second-order valence-electron chi connectivity index (χ2n) is 5.15. The molecule has 0 saturated carbocycles. The zero-order chi connectivity index (χ0) is 14.0. The van der Waals surface area contributed by atoms with Crippen LogP contribution in [0.25, 0.3) is 10.9 Å². The van der Waals surface area contributed by atoms with Gasteiger partial charge in [0.05, 0.1) is 11.7 Å². The molecule has 0 unspecified atom stereocenters. The Morgan fingerprint density at radius 1 is 1.32 bits per heavy atom. The van der Waals surface area contributed by atoms with Crippen LogP contribution >= 0.6 is 11.6 Å². The average molecular weight is 295 g/mol. The third-order valence-corrected chi connectivity index (χ3v) is 4.07. The first kappa shape index (κ1) is 14.3. The van der Waals surface area contributed by atoms with Gasteiger partial charge in [0.2, 0.25) is 0 Å². The number of aromatic nitrogens is 1. The highest BCUT2D eigenvalue weighted by atomic mass is 35.5. The number of para-hydroxylation sites is 1. The van der Waals surface area contributed by atoms with Crippen molar-refractivity contribution in [3.05, 3.63) is 41.0 Å². The van der Waals surface area contributed by atoms with E-state index in [2.05, 4.69) is 9.38 Å². The van der Waals surface area contributed by atoms with Gasteiger partial charge in [-0.1, -0.05) is 34.2 Å². The summed E-state index contributed by atoms with van der Waals surface area (Å²) in [5, 5.41) is 1.35. The fraction of sp³-hybridized carbons (Fsp3) is 0.286. The molecular weight excluding hydrogens is 280 g/mol. The minimum absolute atomic E-state index is 0.372. The van der Waals surface area contributed by atoms with E-state index in [1.165, 1.54) is 0 Å². The van der Waals surface area contributed by atoms with E-state index in [9.17, 15) is 4.55 Å². The summed E-state index contributed by atoms with van der Waals surface area (Å²) in [4.78, 5) is 4.24. The van der Waals surface area contributed by atoms with E-state index in [0.717, 1.165) is 16.5 Å². The number of hydrogen-bond acceptors (Lipinski definition) is 3. The summed E-state index contributed by atoms with van der Waals surface area (Å²) in [5.41, 5.74) is 1.63. The van der Waals surface area contributed by atoms with Crippen LogP contribution in [-0.4, -0.2) is 20.5 Å². The van der Waals surface area contributed by atoms with Crippen molar-refractivity contribution in [2.24, 2.45) is 4.40 Å². The molecule has 2 rings (SSSR count). The third-order valence-electron chi connectivity index (χ3n) is 2.53. The Bertz CT molecular complexity index is 622. The molecule has 1 atom stereocenters. The van der Waals surface area contributed by atoms with Crippen molar-refractivity contribution in [3.8, 4) is 0 Å². The molecule has 0 fully saturated rings. The summed E-state index contributed by atoms with van der Waals surface area (Å²) in [5.74, 6) is 0. The highest BCUT2D eigenvalue weighted by Gasteiger charge is 2.25. The Morgan fingerprint density at radius 2 is 2.00 bits per heavy atom. The van der Waals surface area contributed by atoms with Crippen molar-refractivity contribution < 1.29 is 4.55 Å². The van der Waals surface area contributed by atoms with Gasteiger partial charge in [0.25, 0.3) is 0 Å². The molecule has 0 spiro atoms. The van der Waals surface area contributed by atoms with Gasteiger partial charge in [-0.25, -0.2) is 4.98 Å². The first-order chi connectivity index (χ1) is 8.88. The summed E-state index contributed by atoms with van der Waals surface area (Å²) < 4.78 is 15.7. The summed E-state index contributed by atoms with van der Waals surface area (Å²) in [6.45, 7) is 5.66. The molecule has 3 nitrogen and oxygen atoms in total. The standard InChI is InChI=1S/C14H15ClN2OS/c1-14(2,3)19(18)16-9-10-8-13(15)17-12-7-5-4-6-11(10)12/h4-9H,1-3H3/t19-/m0/s1. The predicted molar refractivity (Wildman–Crippen MR) is 82.2 cm³/mol. The van der Waals surface area contributed by atoms with Crippen LogP contribution in [0.3, 0.4) is 0 Å². The largest absolute Gasteiger partial charge is 0.591 e. The van der Waals surface area contributed by atoms with E-state index in [-0.39, 0.29) is 4.75 Å². The molecule has 2 aromatic rings. The molecule has 0 saturated heterocycles. The molecule has 0 radical (unpaired) electrons. The van der Waals surface area contributed by atoms with Gasteiger partial charge >= 0.3 is 0 Å². The van der Waals surface area contributed by atoms with Crippen molar-refractivity contribution in [2.75, 3.05) is 0 Å². The minimum atomic E-state index is -1.28. The molecule has 19 heavy (non-hydrogen) atoms. The van der Waals surface area contributed by atoms with Gasteiger partial charge in [-0.3, -0.25) is 0 Å². The van der Waals surface area contributed by atoms with Crippen molar-refractivity contribution >= 4 is 40.1 Å². The fourth-order valence-electron chi connectivity index (χ4n) is 1.54. The summed E-state index contributed by atoms with van der Waals surface area (Å²) in [6, 6.07) is 9.39. The summed E-state index contributed by atoms with van der Waals surface area (Å²) >= 11 is 4.70. The Morgan fingerprint density at radius 3 is 2.68 bits per heavy atom. The van der Waals surface area contributed by atoms with Gasteiger partial charge in [-0.15, -0.1) is 0 Å². The van der Waals surface area contributed by atoms with Gasteiger partial charge in [0.1, 0.15) is 21.3 Å². The van der Waals surface area contributed by atoms with E-state index in [1.807, 2.05) is 45.0 Å². The van der Waals surface area contributed by atoms with E-state index in [0.29, 0.717) is 5.15 Å². The molecule has 0 aliphatic carbocycles. The second-order valence-corrected chi connectivity index (χ2v) is 7.47. The Kier molecular flexibility index (Phi) is 4.13. The highest BCUT2D eigenvalue weighted by Crippen LogP contribution is 2.21. The molecule has 0 aliphatic rings. The number of benzene rings is 1. The topological polar surface area (TPSA) is 48.3 Å². The smallest absolute Gasteiger partial charge is 0.144 e. The van der Waals surface area contributed by atoms with Crippen LogP contribution in [0.2, 0.25) is 5.15 Å². The monoisotopic (exact) mass is 294 g/mol.